The van der Waals surface area contributed by atoms with Gasteiger partial charge in [-0.25, -0.2) is 0 Å². The highest BCUT2D eigenvalue weighted by Crippen LogP contribution is 2.21. The van der Waals surface area contributed by atoms with Crippen LogP contribution in [0.4, 0.5) is 5.69 Å². The molecule has 1 aromatic heterocycles. The van der Waals surface area contributed by atoms with Gasteiger partial charge >= 0.3 is 0 Å². The third-order valence-electron chi connectivity index (χ3n) is 4.10. The molecule has 1 aliphatic rings. The van der Waals surface area contributed by atoms with Crippen LogP contribution in [0.15, 0.2) is 47.1 Å². The van der Waals surface area contributed by atoms with Gasteiger partial charge in [-0.15, -0.1) is 0 Å². The molecule has 3 nitrogen and oxygen atoms in total. The van der Waals surface area contributed by atoms with E-state index in [4.69, 9.17) is 4.42 Å². The molecule has 1 atom stereocenters. The summed E-state index contributed by atoms with van der Waals surface area (Å²) in [6.07, 6.45) is 5.32. The zero-order valence-electron chi connectivity index (χ0n) is 12.7. The number of hydrogen-bond donors (Lipinski definition) is 1. The fraction of sp³-hybridized carbons (Fsp3) is 0.444. The zero-order chi connectivity index (χ0) is 14.5. The highest BCUT2D eigenvalue weighted by atomic mass is 16.3. The topological polar surface area (TPSA) is 28.4 Å². The molecule has 112 valence electrons. The molecule has 1 aromatic carbocycles. The first-order chi connectivity index (χ1) is 10.3. The lowest BCUT2D eigenvalue weighted by atomic mass is 10.1. The number of para-hydroxylation sites is 1. The summed E-state index contributed by atoms with van der Waals surface area (Å²) in [5.74, 6) is 1.03. The molecular weight excluding hydrogens is 260 g/mol. The van der Waals surface area contributed by atoms with E-state index < -0.39 is 0 Å². The summed E-state index contributed by atoms with van der Waals surface area (Å²) in [6, 6.07) is 13.0. The van der Waals surface area contributed by atoms with E-state index in [-0.39, 0.29) is 0 Å². The van der Waals surface area contributed by atoms with Crippen molar-refractivity contribution in [3.63, 3.8) is 0 Å². The first-order valence-corrected chi connectivity index (χ1v) is 7.90. The minimum absolute atomic E-state index is 0.357. The molecule has 3 heteroatoms. The number of nitrogens with one attached hydrogen (secondary N) is 1. The number of rotatable bonds is 6. The van der Waals surface area contributed by atoms with Gasteiger partial charge in [0.05, 0.1) is 6.26 Å². The molecule has 0 radical (unpaired) electrons. The maximum atomic E-state index is 5.43. The normalized spacial score (nSPS) is 17.0. The second-order valence-corrected chi connectivity index (χ2v) is 5.97. The van der Waals surface area contributed by atoms with Crippen LogP contribution in [0.1, 0.15) is 31.1 Å². The predicted octanol–water partition coefficient (Wildman–Crippen LogP) is 3.92. The molecule has 2 heterocycles. The van der Waals surface area contributed by atoms with Crippen molar-refractivity contribution in [1.29, 1.82) is 0 Å². The van der Waals surface area contributed by atoms with E-state index >= 15 is 0 Å². The zero-order valence-corrected chi connectivity index (χ0v) is 12.7. The molecule has 0 bridgehead atoms. The highest BCUT2D eigenvalue weighted by Gasteiger charge is 2.14. The van der Waals surface area contributed by atoms with Gasteiger partial charge in [0.1, 0.15) is 5.76 Å². The highest BCUT2D eigenvalue weighted by molar-refractivity contribution is 5.51. The molecule has 0 spiro atoms. The Labute approximate surface area is 127 Å². The summed E-state index contributed by atoms with van der Waals surface area (Å²) in [5.41, 5.74) is 2.65. The second-order valence-electron chi connectivity index (χ2n) is 5.97. The van der Waals surface area contributed by atoms with Crippen LogP contribution < -0.4 is 5.32 Å². The van der Waals surface area contributed by atoms with Crippen LogP contribution in [0, 0.1) is 0 Å². The molecule has 1 aliphatic heterocycles. The predicted molar refractivity (Wildman–Crippen MR) is 86.4 cm³/mol. The summed E-state index contributed by atoms with van der Waals surface area (Å²) < 4.78 is 5.43. The Morgan fingerprint density at radius 1 is 1.14 bits per heavy atom. The molecule has 2 aromatic rings. The van der Waals surface area contributed by atoms with E-state index in [1.807, 2.05) is 12.1 Å². The van der Waals surface area contributed by atoms with Gasteiger partial charge in [-0.2, -0.15) is 0 Å². The summed E-state index contributed by atoms with van der Waals surface area (Å²) >= 11 is 0. The van der Waals surface area contributed by atoms with Gasteiger partial charge in [-0.05, 0) is 56.6 Å². The summed E-state index contributed by atoms with van der Waals surface area (Å²) in [5, 5.41) is 3.64. The smallest absolute Gasteiger partial charge is 0.105 e. The van der Waals surface area contributed by atoms with Crippen molar-refractivity contribution in [3.8, 4) is 0 Å². The van der Waals surface area contributed by atoms with Crippen LogP contribution in [0.3, 0.4) is 0 Å². The SMILES string of the molecule is CC(Cc1ccco1)Nc1ccccc1CN1CCCC1. The fourth-order valence-corrected chi connectivity index (χ4v) is 3.03. The van der Waals surface area contributed by atoms with E-state index in [1.54, 1.807) is 6.26 Å². The fourth-order valence-electron chi connectivity index (χ4n) is 3.03. The van der Waals surface area contributed by atoms with Crippen molar-refractivity contribution in [2.24, 2.45) is 0 Å². The van der Waals surface area contributed by atoms with Crippen LogP contribution in [0.2, 0.25) is 0 Å². The molecule has 1 saturated heterocycles. The molecule has 21 heavy (non-hydrogen) atoms. The average molecular weight is 284 g/mol. The number of furan rings is 1. The van der Waals surface area contributed by atoms with Gasteiger partial charge in [-0.3, -0.25) is 4.90 Å². The van der Waals surface area contributed by atoms with E-state index in [1.165, 1.54) is 37.2 Å². The number of anilines is 1. The maximum Gasteiger partial charge on any atom is 0.105 e. The summed E-state index contributed by atoms with van der Waals surface area (Å²) in [6.45, 7) is 5.72. The van der Waals surface area contributed by atoms with Crippen LogP contribution in [-0.2, 0) is 13.0 Å². The van der Waals surface area contributed by atoms with Crippen molar-refractivity contribution in [1.82, 2.24) is 4.90 Å². The largest absolute Gasteiger partial charge is 0.469 e. The molecule has 3 rings (SSSR count). The molecular formula is C18H24N2O. The van der Waals surface area contributed by atoms with Gasteiger partial charge in [0.15, 0.2) is 0 Å². The van der Waals surface area contributed by atoms with Crippen molar-refractivity contribution in [2.75, 3.05) is 18.4 Å². The number of benzene rings is 1. The third kappa shape index (κ3) is 3.88. The minimum atomic E-state index is 0.357. The number of nitrogens with zero attached hydrogens (tertiary/aromatic N) is 1. The third-order valence-corrected chi connectivity index (χ3v) is 4.10. The first-order valence-electron chi connectivity index (χ1n) is 7.90. The second kappa shape index (κ2) is 6.81. The minimum Gasteiger partial charge on any atom is -0.469 e. The van der Waals surface area contributed by atoms with Crippen LogP contribution in [0.25, 0.3) is 0 Å². The molecule has 0 saturated carbocycles. The Morgan fingerprint density at radius 2 is 1.95 bits per heavy atom. The molecule has 0 amide bonds. The lowest BCUT2D eigenvalue weighted by Gasteiger charge is -2.21. The van der Waals surface area contributed by atoms with Gasteiger partial charge in [0.25, 0.3) is 0 Å². The van der Waals surface area contributed by atoms with E-state index in [0.717, 1.165) is 18.7 Å². The Kier molecular flexibility index (Phi) is 4.61. The van der Waals surface area contributed by atoms with Crippen molar-refractivity contribution in [3.05, 3.63) is 54.0 Å². The van der Waals surface area contributed by atoms with Crippen LogP contribution in [-0.4, -0.2) is 24.0 Å². The lowest BCUT2D eigenvalue weighted by molar-refractivity contribution is 0.332. The first kappa shape index (κ1) is 14.2. The van der Waals surface area contributed by atoms with Gasteiger partial charge in [0.2, 0.25) is 0 Å². The number of hydrogen-bond acceptors (Lipinski definition) is 3. The van der Waals surface area contributed by atoms with Crippen molar-refractivity contribution in [2.45, 2.75) is 38.8 Å². The van der Waals surface area contributed by atoms with Crippen LogP contribution in [0.5, 0.6) is 0 Å². The van der Waals surface area contributed by atoms with Crippen LogP contribution >= 0.6 is 0 Å². The summed E-state index contributed by atoms with van der Waals surface area (Å²) in [4.78, 5) is 2.54. The van der Waals surface area contributed by atoms with Gasteiger partial charge in [-0.1, -0.05) is 18.2 Å². The van der Waals surface area contributed by atoms with Gasteiger partial charge < -0.3 is 9.73 Å². The summed E-state index contributed by atoms with van der Waals surface area (Å²) in [7, 11) is 0. The standard InChI is InChI=1S/C18H24N2O/c1-15(13-17-8-6-12-21-17)19-18-9-3-2-7-16(18)14-20-10-4-5-11-20/h2-3,6-9,12,15,19H,4-5,10-11,13-14H2,1H3. The Morgan fingerprint density at radius 3 is 2.71 bits per heavy atom. The number of likely N-dealkylation sites (tertiary alicyclic amines) is 1. The quantitative estimate of drug-likeness (QED) is 0.871. The molecule has 1 fully saturated rings. The van der Waals surface area contributed by atoms with E-state index in [0.29, 0.717) is 6.04 Å². The Hall–Kier alpha value is -1.74. The molecule has 1 unspecified atom stereocenters. The molecule has 1 N–H and O–H groups in total. The van der Waals surface area contributed by atoms with Crippen molar-refractivity contribution >= 4 is 5.69 Å². The van der Waals surface area contributed by atoms with E-state index in [9.17, 15) is 0 Å². The Bertz CT molecular complexity index is 544. The molecule has 0 aliphatic carbocycles. The lowest BCUT2D eigenvalue weighted by Crippen LogP contribution is -2.22. The average Bonchev–Trinajstić information content (AvgIpc) is 3.14. The Balaban J connectivity index is 1.63. The van der Waals surface area contributed by atoms with E-state index in [2.05, 4.69) is 41.4 Å². The van der Waals surface area contributed by atoms with Gasteiger partial charge in [0, 0.05) is 24.7 Å². The van der Waals surface area contributed by atoms with Crippen molar-refractivity contribution < 1.29 is 4.42 Å². The maximum absolute atomic E-state index is 5.43. The monoisotopic (exact) mass is 284 g/mol.